The third-order valence-corrected chi connectivity index (χ3v) is 16.3. The molecule has 0 aromatic rings. The molecule has 77 heavy (non-hydrogen) atoms. The molecular weight excluding hydrogens is 967 g/mol. The van der Waals surface area contributed by atoms with Crippen LogP contribution < -0.4 is 5.32 Å². The highest BCUT2D eigenvalue weighted by Gasteiger charge is 2.44. The SMILES string of the molecule is CCCCCCCCCCCCCCCCC/C=C\C/C=C\CCCCCCCCCCCCCCCCCCC(O)C(=O)NC(COC1OC(CO)C(O)C(O)C1O)C(O)C(O)CCCCCCCCCCCCCC. The summed E-state index contributed by atoms with van der Waals surface area (Å²) < 4.78 is 11.1. The fourth-order valence-corrected chi connectivity index (χ4v) is 10.9. The molecule has 0 aromatic carbocycles. The number of aliphatic hydroxyl groups is 7. The van der Waals surface area contributed by atoms with E-state index in [0.717, 1.165) is 44.9 Å². The summed E-state index contributed by atoms with van der Waals surface area (Å²) in [6.45, 7) is 3.48. The maximum atomic E-state index is 13.2. The number of hydrogen-bond acceptors (Lipinski definition) is 10. The number of hydrogen-bond donors (Lipinski definition) is 8. The molecule has 11 nitrogen and oxygen atoms in total. The standard InChI is InChI=1S/C66H127NO10/c1-3-5-7-9-11-13-15-17-18-19-20-21-22-23-24-25-26-27-28-29-30-31-32-33-34-35-36-37-38-39-40-41-42-44-46-48-50-52-54-59(70)65(75)67-57(56-76-66-64(74)63(73)62(72)60(55-68)77-66)61(71)58(69)53-51-49-47-45-43-16-14-12-10-8-6-4-2/h26-27,29-30,57-64,66,68-74H,3-25,28,31-56H2,1-2H3,(H,67,75)/b27-26-,30-29-. The highest BCUT2D eigenvalue weighted by molar-refractivity contribution is 5.80. The fourth-order valence-electron chi connectivity index (χ4n) is 10.9. The molecule has 456 valence electrons. The number of rotatable bonds is 58. The van der Waals surface area contributed by atoms with Gasteiger partial charge in [-0.25, -0.2) is 0 Å². The van der Waals surface area contributed by atoms with Crippen molar-refractivity contribution in [3.05, 3.63) is 24.3 Å². The Kier molecular flexibility index (Phi) is 52.7. The van der Waals surface area contributed by atoms with Crippen LogP contribution >= 0.6 is 0 Å². The number of carbonyl (C=O) groups excluding carboxylic acids is 1. The average Bonchev–Trinajstić information content (AvgIpc) is 3.43. The van der Waals surface area contributed by atoms with E-state index in [1.165, 1.54) is 238 Å². The molecule has 1 saturated heterocycles. The Balaban J connectivity index is 2.10. The number of aliphatic hydroxyl groups excluding tert-OH is 7. The maximum absolute atomic E-state index is 13.2. The fraction of sp³-hybridized carbons (Fsp3) is 0.924. The molecule has 0 aromatic heterocycles. The minimum Gasteiger partial charge on any atom is -0.394 e. The van der Waals surface area contributed by atoms with Gasteiger partial charge in [0.1, 0.15) is 36.6 Å². The lowest BCUT2D eigenvalue weighted by Gasteiger charge is -2.40. The van der Waals surface area contributed by atoms with Gasteiger partial charge in [0.25, 0.3) is 0 Å². The largest absolute Gasteiger partial charge is 0.394 e. The van der Waals surface area contributed by atoms with Crippen molar-refractivity contribution < 1.29 is 50.0 Å². The second kappa shape index (κ2) is 55.1. The minimum atomic E-state index is -1.66. The predicted molar refractivity (Wildman–Crippen MR) is 321 cm³/mol. The minimum absolute atomic E-state index is 0.263. The predicted octanol–water partition coefficient (Wildman–Crippen LogP) is 15.2. The van der Waals surface area contributed by atoms with E-state index in [-0.39, 0.29) is 6.42 Å². The number of ether oxygens (including phenoxy) is 2. The number of unbranched alkanes of at least 4 members (excludes halogenated alkanes) is 42. The summed E-state index contributed by atoms with van der Waals surface area (Å²) in [5, 5.41) is 76.1. The summed E-state index contributed by atoms with van der Waals surface area (Å²) in [6.07, 6.45) is 57.1. The van der Waals surface area contributed by atoms with Crippen LogP contribution in [0.2, 0.25) is 0 Å². The van der Waals surface area contributed by atoms with Gasteiger partial charge in [-0.2, -0.15) is 0 Å². The van der Waals surface area contributed by atoms with Gasteiger partial charge in [0.2, 0.25) is 5.91 Å². The summed E-state index contributed by atoms with van der Waals surface area (Å²) in [5.41, 5.74) is 0. The van der Waals surface area contributed by atoms with Gasteiger partial charge < -0.3 is 50.5 Å². The summed E-state index contributed by atoms with van der Waals surface area (Å²) >= 11 is 0. The molecule has 11 heteroatoms. The molecule has 1 heterocycles. The van der Waals surface area contributed by atoms with Crippen LogP contribution in [0, 0.1) is 0 Å². The van der Waals surface area contributed by atoms with Gasteiger partial charge >= 0.3 is 0 Å². The van der Waals surface area contributed by atoms with Crippen LogP contribution in [-0.2, 0) is 14.3 Å². The van der Waals surface area contributed by atoms with Crippen LogP contribution in [0.1, 0.15) is 322 Å². The van der Waals surface area contributed by atoms with Gasteiger partial charge in [-0.05, 0) is 44.9 Å². The monoisotopic (exact) mass is 1090 g/mol. The van der Waals surface area contributed by atoms with Gasteiger partial charge in [-0.1, -0.05) is 301 Å². The van der Waals surface area contributed by atoms with Crippen LogP contribution in [-0.4, -0.2) is 110 Å². The number of amides is 1. The van der Waals surface area contributed by atoms with E-state index >= 15 is 0 Å². The van der Waals surface area contributed by atoms with Gasteiger partial charge in [0.05, 0.1) is 25.4 Å². The van der Waals surface area contributed by atoms with Crippen molar-refractivity contribution in [3.8, 4) is 0 Å². The van der Waals surface area contributed by atoms with Gasteiger partial charge in [0.15, 0.2) is 6.29 Å². The highest BCUT2D eigenvalue weighted by Crippen LogP contribution is 2.24. The Bertz CT molecular complexity index is 1300. The van der Waals surface area contributed by atoms with E-state index in [1.807, 2.05) is 0 Å². The van der Waals surface area contributed by atoms with E-state index < -0.39 is 74.2 Å². The van der Waals surface area contributed by atoms with Crippen molar-refractivity contribution in [3.63, 3.8) is 0 Å². The summed E-state index contributed by atoms with van der Waals surface area (Å²) in [6, 6.07) is -1.17. The van der Waals surface area contributed by atoms with Crippen LogP contribution in [0.3, 0.4) is 0 Å². The van der Waals surface area contributed by atoms with Crippen molar-refractivity contribution in [2.45, 2.75) is 377 Å². The van der Waals surface area contributed by atoms with Gasteiger partial charge in [0, 0.05) is 0 Å². The van der Waals surface area contributed by atoms with Crippen molar-refractivity contribution in [1.82, 2.24) is 5.32 Å². The first-order chi connectivity index (χ1) is 37.7. The van der Waals surface area contributed by atoms with Crippen LogP contribution in [0.15, 0.2) is 24.3 Å². The zero-order chi connectivity index (χ0) is 56.1. The Morgan fingerprint density at radius 1 is 0.455 bits per heavy atom. The van der Waals surface area contributed by atoms with E-state index in [9.17, 15) is 40.5 Å². The lowest BCUT2D eigenvalue weighted by atomic mass is 9.98. The summed E-state index contributed by atoms with van der Waals surface area (Å²) in [5.74, 6) is -0.693. The lowest BCUT2D eigenvalue weighted by Crippen LogP contribution is -2.60. The second-order valence-corrected chi connectivity index (χ2v) is 23.5. The Morgan fingerprint density at radius 3 is 1.16 bits per heavy atom. The molecule has 0 aliphatic carbocycles. The zero-order valence-electron chi connectivity index (χ0n) is 50.2. The van der Waals surface area contributed by atoms with Crippen LogP contribution in [0.4, 0.5) is 0 Å². The first-order valence-electron chi connectivity index (χ1n) is 33.2. The Labute approximate surface area is 474 Å². The van der Waals surface area contributed by atoms with E-state index in [0.29, 0.717) is 19.3 Å². The molecule has 0 bridgehead atoms. The average molecular weight is 1090 g/mol. The third kappa shape index (κ3) is 43.0. The van der Waals surface area contributed by atoms with Crippen molar-refractivity contribution in [2.24, 2.45) is 0 Å². The molecule has 1 aliphatic heterocycles. The molecule has 9 unspecified atom stereocenters. The van der Waals surface area contributed by atoms with E-state index in [4.69, 9.17) is 9.47 Å². The van der Waals surface area contributed by atoms with Crippen molar-refractivity contribution in [1.29, 1.82) is 0 Å². The van der Waals surface area contributed by atoms with E-state index in [2.05, 4.69) is 43.5 Å². The summed E-state index contributed by atoms with van der Waals surface area (Å²) in [4.78, 5) is 13.2. The Hall–Kier alpha value is -1.41. The lowest BCUT2D eigenvalue weighted by molar-refractivity contribution is -0.303. The van der Waals surface area contributed by atoms with Crippen LogP contribution in [0.25, 0.3) is 0 Å². The molecule has 1 rings (SSSR count). The third-order valence-electron chi connectivity index (χ3n) is 16.3. The highest BCUT2D eigenvalue weighted by atomic mass is 16.7. The first kappa shape index (κ1) is 73.6. The number of carbonyl (C=O) groups is 1. The molecular formula is C66H127NO10. The molecule has 1 amide bonds. The molecule has 8 N–H and O–H groups in total. The molecule has 0 saturated carbocycles. The molecule has 9 atom stereocenters. The molecule has 0 spiro atoms. The Morgan fingerprint density at radius 2 is 0.792 bits per heavy atom. The number of nitrogens with one attached hydrogen (secondary N) is 1. The molecule has 1 aliphatic rings. The van der Waals surface area contributed by atoms with Crippen molar-refractivity contribution >= 4 is 5.91 Å². The van der Waals surface area contributed by atoms with Crippen molar-refractivity contribution in [2.75, 3.05) is 13.2 Å². The molecule has 0 radical (unpaired) electrons. The van der Waals surface area contributed by atoms with Crippen LogP contribution in [0.5, 0.6) is 0 Å². The number of allylic oxidation sites excluding steroid dienone is 4. The quantitative estimate of drug-likeness (QED) is 0.0215. The topological polar surface area (TPSA) is 189 Å². The van der Waals surface area contributed by atoms with E-state index in [1.54, 1.807) is 0 Å². The molecule has 1 fully saturated rings. The van der Waals surface area contributed by atoms with Gasteiger partial charge in [-0.15, -0.1) is 0 Å². The van der Waals surface area contributed by atoms with Gasteiger partial charge in [-0.3, -0.25) is 4.79 Å². The smallest absolute Gasteiger partial charge is 0.249 e. The maximum Gasteiger partial charge on any atom is 0.249 e. The normalized spacial score (nSPS) is 19.6. The zero-order valence-corrected chi connectivity index (χ0v) is 50.2. The second-order valence-electron chi connectivity index (χ2n) is 23.5. The summed E-state index contributed by atoms with van der Waals surface area (Å²) in [7, 11) is 0. The first-order valence-corrected chi connectivity index (χ1v) is 33.2.